The number of thiocarbonyl (C=S) groups is 1. The van der Waals surface area contributed by atoms with E-state index >= 15 is 0 Å². The molecule has 7 heteroatoms. The number of nitrogens with one attached hydrogen (secondary N) is 2. The number of H-pyrrole nitrogens is 1. The van der Waals surface area contributed by atoms with E-state index in [1.165, 1.54) is 11.1 Å². The maximum absolute atomic E-state index is 12.7. The van der Waals surface area contributed by atoms with Crippen molar-refractivity contribution in [1.29, 1.82) is 0 Å². The number of aromatic nitrogens is 1. The van der Waals surface area contributed by atoms with Crippen LogP contribution in [0.1, 0.15) is 30.5 Å². The highest BCUT2D eigenvalue weighted by atomic mass is 32.1. The van der Waals surface area contributed by atoms with E-state index < -0.39 is 0 Å². The molecule has 1 aromatic heterocycles. The van der Waals surface area contributed by atoms with Gasteiger partial charge < -0.3 is 24.8 Å². The van der Waals surface area contributed by atoms with Crippen molar-refractivity contribution in [2.45, 2.75) is 34.2 Å². The van der Waals surface area contributed by atoms with Crippen LogP contribution in [0.2, 0.25) is 0 Å². The van der Waals surface area contributed by atoms with E-state index in [-0.39, 0.29) is 5.56 Å². The zero-order valence-electron chi connectivity index (χ0n) is 18.3. The minimum absolute atomic E-state index is 0.0618. The predicted octanol–water partition coefficient (Wildman–Crippen LogP) is 2.81. The van der Waals surface area contributed by atoms with Gasteiger partial charge in [-0.1, -0.05) is 13.8 Å². The summed E-state index contributed by atoms with van der Waals surface area (Å²) in [4.78, 5) is 20.2. The van der Waals surface area contributed by atoms with E-state index in [0.717, 1.165) is 42.6 Å². The standard InChI is InChI=1S/C22H34N4O2S/c1-6-25(7-2)9-10-26(22(29)23-8-11-28-5)15-19-14-18-12-16(3)17(4)13-20(18)24-21(19)27/h12-14H,6-11,15H2,1-5H3,(H,23,29)(H,24,27). The molecule has 6 nitrogen and oxygen atoms in total. The second-order valence-electron chi connectivity index (χ2n) is 7.32. The summed E-state index contributed by atoms with van der Waals surface area (Å²) in [5.74, 6) is 0. The van der Waals surface area contributed by atoms with Crippen molar-refractivity contribution in [2.24, 2.45) is 0 Å². The predicted molar refractivity (Wildman–Crippen MR) is 125 cm³/mol. The van der Waals surface area contributed by atoms with Gasteiger partial charge in [0.1, 0.15) is 0 Å². The first-order valence-corrected chi connectivity index (χ1v) is 10.7. The van der Waals surface area contributed by atoms with E-state index in [4.69, 9.17) is 17.0 Å². The van der Waals surface area contributed by atoms with Crippen LogP contribution in [0, 0.1) is 13.8 Å². The molecule has 0 radical (unpaired) electrons. The van der Waals surface area contributed by atoms with Crippen LogP contribution in [0.4, 0.5) is 0 Å². The third kappa shape index (κ3) is 6.52. The van der Waals surface area contributed by atoms with Crippen LogP contribution in [0.25, 0.3) is 10.9 Å². The fourth-order valence-corrected chi connectivity index (χ4v) is 3.53. The Morgan fingerprint density at radius 2 is 1.83 bits per heavy atom. The van der Waals surface area contributed by atoms with E-state index in [0.29, 0.717) is 24.8 Å². The second kappa shape index (κ2) is 11.3. The zero-order chi connectivity index (χ0) is 21.4. The van der Waals surface area contributed by atoms with Crippen molar-refractivity contribution in [3.05, 3.63) is 45.2 Å². The number of aryl methyl sites for hydroxylation is 2. The molecule has 0 fully saturated rings. The third-order valence-corrected chi connectivity index (χ3v) is 5.75. The minimum Gasteiger partial charge on any atom is -0.383 e. The Kier molecular flexibility index (Phi) is 9.07. The molecule has 0 aliphatic heterocycles. The molecule has 0 saturated heterocycles. The van der Waals surface area contributed by atoms with Crippen LogP contribution in [0.15, 0.2) is 23.0 Å². The van der Waals surface area contributed by atoms with Gasteiger partial charge in [0, 0.05) is 37.8 Å². The monoisotopic (exact) mass is 418 g/mol. The first-order valence-electron chi connectivity index (χ1n) is 10.3. The summed E-state index contributed by atoms with van der Waals surface area (Å²) >= 11 is 5.62. The number of nitrogens with zero attached hydrogens (tertiary/aromatic N) is 2. The lowest BCUT2D eigenvalue weighted by molar-refractivity contribution is 0.202. The molecule has 0 unspecified atom stereocenters. The maximum Gasteiger partial charge on any atom is 0.253 e. The molecule has 29 heavy (non-hydrogen) atoms. The van der Waals surface area contributed by atoms with E-state index in [9.17, 15) is 4.79 Å². The van der Waals surface area contributed by atoms with Crippen molar-refractivity contribution in [2.75, 3.05) is 46.4 Å². The van der Waals surface area contributed by atoms with E-state index in [2.05, 4.69) is 53.9 Å². The number of ether oxygens (including phenoxy) is 1. The lowest BCUT2D eigenvalue weighted by atomic mass is 10.0. The summed E-state index contributed by atoms with van der Waals surface area (Å²) in [5.41, 5.74) is 3.91. The summed E-state index contributed by atoms with van der Waals surface area (Å²) in [6.07, 6.45) is 0. The summed E-state index contributed by atoms with van der Waals surface area (Å²) in [6.45, 7) is 13.8. The van der Waals surface area contributed by atoms with Crippen LogP contribution in [0.3, 0.4) is 0 Å². The smallest absolute Gasteiger partial charge is 0.253 e. The molecule has 2 rings (SSSR count). The van der Waals surface area contributed by atoms with Crippen LogP contribution in [-0.4, -0.2) is 66.3 Å². The molecule has 160 valence electrons. The fourth-order valence-electron chi connectivity index (χ4n) is 3.27. The highest BCUT2D eigenvalue weighted by Crippen LogP contribution is 2.17. The van der Waals surface area contributed by atoms with Gasteiger partial charge in [0.05, 0.1) is 13.2 Å². The Labute approximate surface area is 179 Å². The topological polar surface area (TPSA) is 60.6 Å². The first-order chi connectivity index (χ1) is 13.9. The number of benzene rings is 1. The van der Waals surface area contributed by atoms with Gasteiger partial charge in [-0.2, -0.15) is 0 Å². The molecule has 0 aliphatic rings. The molecule has 1 heterocycles. The molecule has 1 aromatic carbocycles. The van der Waals surface area contributed by atoms with Crippen molar-refractivity contribution >= 4 is 28.2 Å². The number of likely N-dealkylation sites (N-methyl/N-ethyl adjacent to an activating group) is 1. The average molecular weight is 419 g/mol. The third-order valence-electron chi connectivity index (χ3n) is 5.35. The van der Waals surface area contributed by atoms with Gasteiger partial charge >= 0.3 is 0 Å². The summed E-state index contributed by atoms with van der Waals surface area (Å²) in [5, 5.41) is 4.93. The lowest BCUT2D eigenvalue weighted by Crippen LogP contribution is -2.45. The highest BCUT2D eigenvalue weighted by molar-refractivity contribution is 7.80. The molecule has 0 saturated carbocycles. The fraction of sp³-hybridized carbons (Fsp3) is 0.545. The Morgan fingerprint density at radius 3 is 2.48 bits per heavy atom. The number of hydrogen-bond acceptors (Lipinski definition) is 4. The van der Waals surface area contributed by atoms with E-state index in [1.54, 1.807) is 7.11 Å². The SMILES string of the molecule is CCN(CC)CCN(Cc1cc2cc(C)c(C)cc2[nH]c1=O)C(=S)NCCOC. The van der Waals surface area contributed by atoms with Gasteiger partial charge in [-0.15, -0.1) is 0 Å². The van der Waals surface area contributed by atoms with Gasteiger partial charge in [0.25, 0.3) is 5.56 Å². The Balaban J connectivity index is 2.25. The normalized spacial score (nSPS) is 11.2. The van der Waals surface area contributed by atoms with Crippen molar-refractivity contribution < 1.29 is 4.74 Å². The molecular formula is C22H34N4O2S. The molecule has 0 bridgehead atoms. The van der Waals surface area contributed by atoms with Crippen molar-refractivity contribution in [3.8, 4) is 0 Å². The average Bonchev–Trinajstić information content (AvgIpc) is 2.69. The molecule has 0 amide bonds. The van der Waals surface area contributed by atoms with Gasteiger partial charge in [-0.05, 0) is 73.9 Å². The molecule has 2 aromatic rings. The number of methoxy groups -OCH3 is 1. The number of hydrogen-bond donors (Lipinski definition) is 2. The van der Waals surface area contributed by atoms with Crippen LogP contribution in [-0.2, 0) is 11.3 Å². The van der Waals surface area contributed by atoms with Gasteiger partial charge in [0.2, 0.25) is 0 Å². The molecule has 0 aliphatic carbocycles. The van der Waals surface area contributed by atoms with E-state index in [1.807, 2.05) is 12.1 Å². The minimum atomic E-state index is -0.0618. The van der Waals surface area contributed by atoms with Crippen molar-refractivity contribution in [1.82, 2.24) is 20.1 Å². The highest BCUT2D eigenvalue weighted by Gasteiger charge is 2.14. The summed E-state index contributed by atoms with van der Waals surface area (Å²) < 4.78 is 5.11. The first kappa shape index (κ1) is 23.3. The van der Waals surface area contributed by atoms with Gasteiger partial charge in [0.15, 0.2) is 5.11 Å². The van der Waals surface area contributed by atoms with Crippen LogP contribution < -0.4 is 10.9 Å². The number of pyridine rings is 1. The quantitative estimate of drug-likeness (QED) is 0.457. The Bertz CT molecular complexity index is 877. The van der Waals surface area contributed by atoms with Crippen molar-refractivity contribution in [3.63, 3.8) is 0 Å². The van der Waals surface area contributed by atoms with Crippen LogP contribution in [0.5, 0.6) is 0 Å². The molecular weight excluding hydrogens is 384 g/mol. The number of fused-ring (bicyclic) bond motifs is 1. The molecule has 0 spiro atoms. The largest absolute Gasteiger partial charge is 0.383 e. The molecule has 2 N–H and O–H groups in total. The molecule has 0 atom stereocenters. The zero-order valence-corrected chi connectivity index (χ0v) is 19.1. The summed E-state index contributed by atoms with van der Waals surface area (Å²) in [6, 6.07) is 6.15. The second-order valence-corrected chi connectivity index (χ2v) is 7.71. The Hall–Kier alpha value is -1.96. The van der Waals surface area contributed by atoms with Gasteiger partial charge in [-0.25, -0.2) is 0 Å². The summed E-state index contributed by atoms with van der Waals surface area (Å²) in [7, 11) is 1.67. The maximum atomic E-state index is 12.7. The lowest BCUT2D eigenvalue weighted by Gasteiger charge is -2.28. The van der Waals surface area contributed by atoms with Crippen LogP contribution >= 0.6 is 12.2 Å². The number of aromatic amines is 1. The Morgan fingerprint density at radius 1 is 1.14 bits per heavy atom. The number of rotatable bonds is 10. The van der Waals surface area contributed by atoms with Gasteiger partial charge in [-0.3, -0.25) is 4.79 Å².